The summed E-state index contributed by atoms with van der Waals surface area (Å²) in [5, 5.41) is 24.2. The number of carbonyl (C=O) groups excluding carboxylic acids is 1. The molecule has 0 heterocycles. The molecule has 0 fully saturated rings. The Hall–Kier alpha value is -1.26. The summed E-state index contributed by atoms with van der Waals surface area (Å²) in [5.74, 6) is 0. The molecular weight excluding hydrogens is 102 g/mol. The molecule has 0 bridgehead atoms. The van der Waals surface area contributed by atoms with Crippen LogP contribution in [0, 0.1) is 5.41 Å². The van der Waals surface area contributed by atoms with Crippen LogP contribution in [0.15, 0.2) is 0 Å². The second kappa shape index (κ2) is 2.01. The normalized spacial score (nSPS) is 7.43. The van der Waals surface area contributed by atoms with Gasteiger partial charge in [-0.2, -0.15) is 0 Å². The molecule has 5 heteroatoms. The molecule has 0 atom stereocenters. The molecule has 7 heavy (non-hydrogen) atoms. The molecule has 0 aliphatic carbocycles. The van der Waals surface area contributed by atoms with Crippen molar-refractivity contribution in [1.29, 1.82) is 5.41 Å². The number of rotatable bonds is 0. The van der Waals surface area contributed by atoms with Crippen LogP contribution >= 0.6 is 0 Å². The molecule has 0 radical (unpaired) electrons. The Morgan fingerprint density at radius 2 is 2.00 bits per heavy atom. The van der Waals surface area contributed by atoms with E-state index >= 15 is 0 Å². The first-order valence-electron chi connectivity index (χ1n) is 1.27. The molecule has 0 aromatic heterocycles. The molecule has 0 amide bonds. The average molecular weight is 103 g/mol. The Bertz CT molecular complexity index is 85.9. The number of nitrogens with one attached hydrogen (secondary N) is 1. The third-order valence-corrected chi connectivity index (χ3v) is 0.176. The number of carboxylic acid groups (broad SMARTS) is 1. The van der Waals surface area contributed by atoms with Gasteiger partial charge >= 0.3 is 0 Å². The van der Waals surface area contributed by atoms with Crippen LogP contribution in [0.1, 0.15) is 0 Å². The monoisotopic (exact) mass is 103 g/mol. The van der Waals surface area contributed by atoms with Gasteiger partial charge in [0.15, 0.2) is 6.08 Å². The SMILES string of the molecule is N=C([O-])OC(=O)[O-]. The second-order valence-corrected chi connectivity index (χ2v) is 0.640. The van der Waals surface area contributed by atoms with E-state index in [0.717, 1.165) is 0 Å². The summed E-state index contributed by atoms with van der Waals surface area (Å²) in [6, 6.07) is 0. The molecule has 5 nitrogen and oxygen atoms in total. The Morgan fingerprint density at radius 3 is 2.00 bits per heavy atom. The molecule has 0 aromatic rings. The minimum Gasteiger partial charge on any atom is -0.522 e. The molecule has 0 saturated carbocycles. The summed E-state index contributed by atoms with van der Waals surface area (Å²) in [5.41, 5.74) is 0. The van der Waals surface area contributed by atoms with E-state index in [0.29, 0.717) is 0 Å². The highest BCUT2D eigenvalue weighted by Crippen LogP contribution is 1.63. The molecule has 0 aromatic carbocycles. The first-order chi connectivity index (χ1) is 3.13. The lowest BCUT2D eigenvalue weighted by Crippen LogP contribution is -2.31. The molecule has 0 aliphatic rings. The summed E-state index contributed by atoms with van der Waals surface area (Å²) in [6.45, 7) is 0. The molecule has 0 spiro atoms. The zero-order valence-electron chi connectivity index (χ0n) is 3.13. The van der Waals surface area contributed by atoms with Crippen LogP contribution in [0.25, 0.3) is 0 Å². The lowest BCUT2D eigenvalue weighted by Gasteiger charge is -2.02. The van der Waals surface area contributed by atoms with Gasteiger partial charge in [0, 0.05) is 0 Å². The van der Waals surface area contributed by atoms with Crippen LogP contribution in [0.3, 0.4) is 0 Å². The van der Waals surface area contributed by atoms with Crippen LogP contribution < -0.4 is 10.2 Å². The van der Waals surface area contributed by atoms with E-state index in [4.69, 9.17) is 15.3 Å². The second-order valence-electron chi connectivity index (χ2n) is 0.640. The van der Waals surface area contributed by atoms with Gasteiger partial charge in [-0.1, -0.05) is 0 Å². The van der Waals surface area contributed by atoms with Crippen molar-refractivity contribution in [1.82, 2.24) is 0 Å². The summed E-state index contributed by atoms with van der Waals surface area (Å²) < 4.78 is 3.08. The number of hydrogen-bond donors (Lipinski definition) is 1. The largest absolute Gasteiger partial charge is 0.522 e. The molecular formula is C2HNO4-2. The van der Waals surface area contributed by atoms with Crippen molar-refractivity contribution in [2.75, 3.05) is 0 Å². The van der Waals surface area contributed by atoms with Crippen LogP contribution in [0.5, 0.6) is 0 Å². The molecule has 0 aliphatic heterocycles. The van der Waals surface area contributed by atoms with Gasteiger partial charge in [-0.3, -0.25) is 5.41 Å². The Kier molecular flexibility index (Phi) is 1.65. The maximum absolute atomic E-state index is 9.28. The van der Waals surface area contributed by atoms with Crippen LogP contribution in [-0.2, 0) is 4.74 Å². The lowest BCUT2D eigenvalue weighted by atomic mass is 11.2. The Morgan fingerprint density at radius 1 is 1.57 bits per heavy atom. The number of carbonyl (C=O) groups is 1. The van der Waals surface area contributed by atoms with Gasteiger partial charge < -0.3 is 19.7 Å². The fourth-order valence-electron chi connectivity index (χ4n) is 0.0757. The first kappa shape index (κ1) is 5.74. The fourth-order valence-corrected chi connectivity index (χ4v) is 0.0757. The van der Waals surface area contributed by atoms with Gasteiger partial charge in [-0.25, -0.2) is 0 Å². The van der Waals surface area contributed by atoms with E-state index in [1.807, 2.05) is 0 Å². The van der Waals surface area contributed by atoms with E-state index in [2.05, 4.69) is 4.74 Å². The topological polar surface area (TPSA) is 96.3 Å². The number of ether oxygens (including phenoxy) is 1. The van der Waals surface area contributed by atoms with Gasteiger partial charge in [0.2, 0.25) is 0 Å². The molecule has 0 saturated heterocycles. The predicted molar refractivity (Wildman–Crippen MR) is 14.2 cm³/mol. The van der Waals surface area contributed by atoms with Crippen molar-refractivity contribution in [2.24, 2.45) is 0 Å². The average Bonchev–Trinajstić information content (AvgIpc) is 1.27. The van der Waals surface area contributed by atoms with Crippen LogP contribution in [0.4, 0.5) is 4.79 Å². The van der Waals surface area contributed by atoms with Gasteiger partial charge in [0.25, 0.3) is 6.16 Å². The lowest BCUT2D eigenvalue weighted by molar-refractivity contribution is -0.298. The van der Waals surface area contributed by atoms with Crippen molar-refractivity contribution in [3.8, 4) is 0 Å². The minimum absolute atomic E-state index is 1.63. The van der Waals surface area contributed by atoms with E-state index in [1.54, 1.807) is 0 Å². The van der Waals surface area contributed by atoms with Crippen molar-refractivity contribution >= 4 is 12.2 Å². The molecule has 0 rings (SSSR count). The number of hydrogen-bond acceptors (Lipinski definition) is 5. The van der Waals surface area contributed by atoms with Gasteiger partial charge in [-0.05, 0) is 0 Å². The third kappa shape index (κ3) is 4.74. The quantitative estimate of drug-likeness (QED) is 0.211. The Balaban J connectivity index is 3.32. The highest BCUT2D eigenvalue weighted by molar-refractivity contribution is 5.73. The van der Waals surface area contributed by atoms with Crippen LogP contribution in [0.2, 0.25) is 0 Å². The standard InChI is InChI=1S/C2H3NO4/c3-1(4)7-2(5)6/h(H2,3,4)(H,5,6)/p-2. The molecule has 1 N–H and O–H groups in total. The highest BCUT2D eigenvalue weighted by atomic mass is 16.7. The summed E-state index contributed by atoms with van der Waals surface area (Å²) >= 11 is 0. The van der Waals surface area contributed by atoms with Crippen molar-refractivity contribution in [3.63, 3.8) is 0 Å². The van der Waals surface area contributed by atoms with E-state index in [-0.39, 0.29) is 0 Å². The first-order valence-corrected chi connectivity index (χ1v) is 1.27. The van der Waals surface area contributed by atoms with Gasteiger partial charge in [0.05, 0.1) is 0 Å². The molecule has 0 unspecified atom stereocenters. The fraction of sp³-hybridized carbons (Fsp3) is 0. The van der Waals surface area contributed by atoms with Crippen molar-refractivity contribution < 1.29 is 19.7 Å². The predicted octanol–water partition coefficient (Wildman–Crippen LogP) is -2.36. The highest BCUT2D eigenvalue weighted by Gasteiger charge is 1.79. The van der Waals surface area contributed by atoms with Crippen LogP contribution in [-0.4, -0.2) is 12.2 Å². The zero-order valence-corrected chi connectivity index (χ0v) is 3.13. The van der Waals surface area contributed by atoms with Gasteiger partial charge in [-0.15, -0.1) is 0 Å². The zero-order chi connectivity index (χ0) is 5.86. The van der Waals surface area contributed by atoms with E-state index in [1.165, 1.54) is 0 Å². The minimum atomic E-state index is -2.00. The Labute approximate surface area is 38.7 Å². The summed E-state index contributed by atoms with van der Waals surface area (Å²) in [7, 11) is 0. The van der Waals surface area contributed by atoms with Gasteiger partial charge in [0.1, 0.15) is 0 Å². The maximum atomic E-state index is 9.28. The van der Waals surface area contributed by atoms with Crippen molar-refractivity contribution in [3.05, 3.63) is 0 Å². The van der Waals surface area contributed by atoms with E-state index < -0.39 is 12.2 Å². The van der Waals surface area contributed by atoms with E-state index in [9.17, 15) is 5.11 Å². The summed E-state index contributed by atoms with van der Waals surface area (Å²) in [4.78, 5) is 9.14. The smallest absolute Gasteiger partial charge is 0.258 e. The maximum Gasteiger partial charge on any atom is 0.258 e. The summed E-state index contributed by atoms with van der Waals surface area (Å²) in [6.07, 6.45) is -3.62. The third-order valence-electron chi connectivity index (χ3n) is 0.176. The van der Waals surface area contributed by atoms with Crippen molar-refractivity contribution in [2.45, 2.75) is 0 Å². The molecule has 40 valence electrons.